The van der Waals surface area contributed by atoms with Gasteiger partial charge in [0.2, 0.25) is 0 Å². The topological polar surface area (TPSA) is 41.6 Å². The average Bonchev–Trinajstić information content (AvgIpc) is 2.25. The number of esters is 1. The molecule has 15 heavy (non-hydrogen) atoms. The molecule has 0 aromatic carbocycles. The lowest BCUT2D eigenvalue weighted by Gasteiger charge is -2.29. The summed E-state index contributed by atoms with van der Waals surface area (Å²) in [7, 11) is 3.51. The molecule has 1 fully saturated rings. The number of nitrogens with one attached hydrogen (secondary N) is 1. The van der Waals surface area contributed by atoms with Crippen LogP contribution in [0.2, 0.25) is 0 Å². The monoisotopic (exact) mass is 214 g/mol. The molecule has 1 atom stereocenters. The van der Waals surface area contributed by atoms with E-state index in [1.807, 2.05) is 0 Å². The van der Waals surface area contributed by atoms with Crippen LogP contribution in [-0.2, 0) is 9.53 Å². The molecule has 0 aromatic rings. The number of hydrogen-bond acceptors (Lipinski definition) is 4. The first-order chi connectivity index (χ1) is 6.94. The van der Waals surface area contributed by atoms with Crippen LogP contribution in [-0.4, -0.2) is 50.7 Å². The third kappa shape index (κ3) is 3.80. The van der Waals surface area contributed by atoms with E-state index in [-0.39, 0.29) is 17.4 Å². The van der Waals surface area contributed by atoms with E-state index >= 15 is 0 Å². The molecule has 0 bridgehead atoms. The molecule has 0 amide bonds. The Hall–Kier alpha value is -0.610. The Morgan fingerprint density at radius 1 is 1.60 bits per heavy atom. The molecule has 1 unspecified atom stereocenters. The highest BCUT2D eigenvalue weighted by atomic mass is 16.5. The highest BCUT2D eigenvalue weighted by molar-refractivity contribution is 5.69. The summed E-state index contributed by atoms with van der Waals surface area (Å²) in [4.78, 5) is 13.5. The quantitative estimate of drug-likeness (QED) is 0.679. The Bertz CT molecular complexity index is 229. The molecule has 1 saturated heterocycles. The average molecular weight is 214 g/mol. The van der Waals surface area contributed by atoms with Gasteiger partial charge in [0.05, 0.1) is 13.5 Å². The van der Waals surface area contributed by atoms with Crippen molar-refractivity contribution in [1.82, 2.24) is 10.2 Å². The normalized spacial score (nSPS) is 27.1. The number of carbonyl (C=O) groups excluding carboxylic acids is 1. The van der Waals surface area contributed by atoms with Gasteiger partial charge in [-0.05, 0) is 12.5 Å². The van der Waals surface area contributed by atoms with E-state index in [1.54, 1.807) is 0 Å². The zero-order valence-electron chi connectivity index (χ0n) is 10.2. The van der Waals surface area contributed by atoms with Gasteiger partial charge in [-0.15, -0.1) is 0 Å². The minimum atomic E-state index is -0.131. The third-order valence-corrected chi connectivity index (χ3v) is 2.91. The molecule has 1 rings (SSSR count). The molecule has 4 heteroatoms. The second kappa shape index (κ2) is 4.94. The molecule has 88 valence electrons. The van der Waals surface area contributed by atoms with Gasteiger partial charge in [-0.2, -0.15) is 0 Å². The van der Waals surface area contributed by atoms with Crippen molar-refractivity contribution in [2.24, 2.45) is 5.41 Å². The van der Waals surface area contributed by atoms with Crippen molar-refractivity contribution in [1.29, 1.82) is 0 Å². The number of likely N-dealkylation sites (N-methyl/N-ethyl adjacent to an activating group) is 1. The van der Waals surface area contributed by atoms with E-state index < -0.39 is 0 Å². The first-order valence-corrected chi connectivity index (χ1v) is 5.42. The fourth-order valence-electron chi connectivity index (χ4n) is 2.10. The van der Waals surface area contributed by atoms with Crippen LogP contribution in [0.4, 0.5) is 0 Å². The van der Waals surface area contributed by atoms with E-state index in [1.165, 1.54) is 7.11 Å². The molecule has 0 radical (unpaired) electrons. The van der Waals surface area contributed by atoms with E-state index in [0.717, 1.165) is 19.6 Å². The summed E-state index contributed by atoms with van der Waals surface area (Å²) in [5, 5.41) is 3.40. The second-order valence-electron chi connectivity index (χ2n) is 5.14. The van der Waals surface area contributed by atoms with Crippen LogP contribution >= 0.6 is 0 Å². The maximum Gasteiger partial charge on any atom is 0.307 e. The van der Waals surface area contributed by atoms with Crippen molar-refractivity contribution >= 4 is 5.97 Å². The molecular weight excluding hydrogens is 192 g/mol. The molecule has 1 N–H and O–H groups in total. The summed E-state index contributed by atoms with van der Waals surface area (Å²) in [6.07, 6.45) is 0.468. The van der Waals surface area contributed by atoms with Crippen LogP contribution in [0.3, 0.4) is 0 Å². The maximum absolute atomic E-state index is 11.2. The number of methoxy groups -OCH3 is 1. The molecule has 1 heterocycles. The molecule has 0 saturated carbocycles. The zero-order valence-corrected chi connectivity index (χ0v) is 10.2. The van der Waals surface area contributed by atoms with Crippen molar-refractivity contribution in [3.05, 3.63) is 0 Å². The molecule has 0 aliphatic carbocycles. The maximum atomic E-state index is 11.2. The summed E-state index contributed by atoms with van der Waals surface area (Å²) in [6.45, 7) is 7.32. The lowest BCUT2D eigenvalue weighted by Crippen LogP contribution is -2.40. The Morgan fingerprint density at radius 2 is 2.27 bits per heavy atom. The number of rotatable bonds is 2. The van der Waals surface area contributed by atoms with Crippen molar-refractivity contribution in [3.63, 3.8) is 0 Å². The van der Waals surface area contributed by atoms with Crippen LogP contribution < -0.4 is 5.32 Å². The SMILES string of the molecule is COC(=O)CC1CNCC(C)(C)CN1C. The van der Waals surface area contributed by atoms with Gasteiger partial charge in [0.1, 0.15) is 0 Å². The largest absolute Gasteiger partial charge is 0.469 e. The fourth-order valence-corrected chi connectivity index (χ4v) is 2.10. The Kier molecular flexibility index (Phi) is 4.11. The van der Waals surface area contributed by atoms with Crippen LogP contribution in [0.5, 0.6) is 0 Å². The van der Waals surface area contributed by atoms with Crippen LogP contribution in [0.25, 0.3) is 0 Å². The first kappa shape index (κ1) is 12.5. The Balaban J connectivity index is 2.55. The van der Waals surface area contributed by atoms with Gasteiger partial charge < -0.3 is 15.0 Å². The van der Waals surface area contributed by atoms with Crippen molar-refractivity contribution in [2.75, 3.05) is 33.8 Å². The van der Waals surface area contributed by atoms with Gasteiger partial charge in [0.15, 0.2) is 0 Å². The van der Waals surface area contributed by atoms with E-state index in [0.29, 0.717) is 6.42 Å². The highest BCUT2D eigenvalue weighted by Crippen LogP contribution is 2.20. The molecule has 0 spiro atoms. The second-order valence-corrected chi connectivity index (χ2v) is 5.14. The number of ether oxygens (including phenoxy) is 1. The molecule has 0 aromatic heterocycles. The van der Waals surface area contributed by atoms with Crippen LogP contribution in [0.1, 0.15) is 20.3 Å². The summed E-state index contributed by atoms with van der Waals surface area (Å²) in [5.74, 6) is -0.131. The van der Waals surface area contributed by atoms with Crippen LogP contribution in [0.15, 0.2) is 0 Å². The molecule has 4 nitrogen and oxygen atoms in total. The standard InChI is InChI=1S/C11H22N2O2/c1-11(2)7-12-6-9(13(3)8-11)5-10(14)15-4/h9,12H,5-8H2,1-4H3. The minimum absolute atomic E-state index is 0.131. The van der Waals surface area contributed by atoms with E-state index in [2.05, 4.69) is 31.1 Å². The van der Waals surface area contributed by atoms with E-state index in [9.17, 15) is 4.79 Å². The third-order valence-electron chi connectivity index (χ3n) is 2.91. The Labute approximate surface area is 92.0 Å². The van der Waals surface area contributed by atoms with Gasteiger partial charge in [0.25, 0.3) is 0 Å². The van der Waals surface area contributed by atoms with Gasteiger partial charge in [0, 0.05) is 25.7 Å². The molecule has 1 aliphatic rings. The summed E-state index contributed by atoms with van der Waals surface area (Å²) >= 11 is 0. The number of hydrogen-bond donors (Lipinski definition) is 1. The van der Waals surface area contributed by atoms with Gasteiger partial charge in [-0.3, -0.25) is 4.79 Å². The minimum Gasteiger partial charge on any atom is -0.469 e. The number of carbonyl (C=O) groups is 1. The fraction of sp³-hybridized carbons (Fsp3) is 0.909. The van der Waals surface area contributed by atoms with Crippen molar-refractivity contribution < 1.29 is 9.53 Å². The predicted molar refractivity (Wildman–Crippen MR) is 59.7 cm³/mol. The van der Waals surface area contributed by atoms with Crippen molar-refractivity contribution in [2.45, 2.75) is 26.3 Å². The zero-order chi connectivity index (χ0) is 11.5. The van der Waals surface area contributed by atoms with Gasteiger partial charge in [-0.1, -0.05) is 13.8 Å². The van der Waals surface area contributed by atoms with Gasteiger partial charge >= 0.3 is 5.97 Å². The Morgan fingerprint density at radius 3 is 2.87 bits per heavy atom. The van der Waals surface area contributed by atoms with Crippen molar-refractivity contribution in [3.8, 4) is 0 Å². The summed E-state index contributed by atoms with van der Waals surface area (Å²) in [6, 6.07) is 0.249. The highest BCUT2D eigenvalue weighted by Gasteiger charge is 2.29. The molecule has 1 aliphatic heterocycles. The number of nitrogens with zero attached hydrogens (tertiary/aromatic N) is 1. The van der Waals surface area contributed by atoms with Crippen LogP contribution in [0, 0.1) is 5.41 Å². The molecular formula is C11H22N2O2. The predicted octanol–water partition coefficient (Wildman–Crippen LogP) is 0.479. The first-order valence-electron chi connectivity index (χ1n) is 5.42. The van der Waals surface area contributed by atoms with E-state index in [4.69, 9.17) is 4.74 Å². The lowest BCUT2D eigenvalue weighted by molar-refractivity contribution is -0.141. The smallest absolute Gasteiger partial charge is 0.307 e. The van der Waals surface area contributed by atoms with Gasteiger partial charge in [-0.25, -0.2) is 0 Å². The summed E-state index contributed by atoms with van der Waals surface area (Å²) in [5.41, 5.74) is 0.264. The lowest BCUT2D eigenvalue weighted by atomic mass is 9.93. The summed E-state index contributed by atoms with van der Waals surface area (Å²) < 4.78 is 4.70.